The zero-order valence-electron chi connectivity index (χ0n) is 9.17. The zero-order valence-corrected chi connectivity index (χ0v) is 9.17. The van der Waals surface area contributed by atoms with Crippen molar-refractivity contribution in [3.05, 3.63) is 0 Å². The van der Waals surface area contributed by atoms with Crippen LogP contribution in [0, 0.1) is 0 Å². The minimum absolute atomic E-state index is 0.180. The Labute approximate surface area is 85.2 Å². The molecule has 0 aliphatic heterocycles. The van der Waals surface area contributed by atoms with Gasteiger partial charge in [-0.2, -0.15) is 0 Å². The van der Waals surface area contributed by atoms with E-state index < -0.39 is 5.54 Å². The molecular weight excluding hydrogens is 180 g/mol. The van der Waals surface area contributed by atoms with Crippen molar-refractivity contribution in [1.82, 2.24) is 5.32 Å². The van der Waals surface area contributed by atoms with Gasteiger partial charge in [-0.15, -0.1) is 0 Å². The van der Waals surface area contributed by atoms with Crippen LogP contribution in [0.2, 0.25) is 0 Å². The predicted molar refractivity (Wildman–Crippen MR) is 54.8 cm³/mol. The largest absolute Gasteiger partial charge is 0.381 e. The van der Waals surface area contributed by atoms with E-state index >= 15 is 0 Å². The number of carbonyl (C=O) groups is 1. The predicted octanol–water partition coefficient (Wildman–Crippen LogP) is 0.407. The first-order valence-corrected chi connectivity index (χ1v) is 5.14. The summed E-state index contributed by atoms with van der Waals surface area (Å²) < 4.78 is 5.16. The smallest absolute Gasteiger partial charge is 0.237 e. The lowest BCUT2D eigenvalue weighted by Gasteiger charge is -2.46. The van der Waals surface area contributed by atoms with Gasteiger partial charge >= 0.3 is 0 Å². The lowest BCUT2D eigenvalue weighted by Crippen LogP contribution is -2.67. The molecular formula is C10H20N2O2. The maximum absolute atomic E-state index is 11.3. The molecule has 4 nitrogen and oxygen atoms in total. The maximum Gasteiger partial charge on any atom is 0.237 e. The van der Waals surface area contributed by atoms with Gasteiger partial charge in [0.05, 0.1) is 6.10 Å². The average molecular weight is 200 g/mol. The lowest BCUT2D eigenvalue weighted by atomic mass is 9.73. The summed E-state index contributed by atoms with van der Waals surface area (Å²) in [6, 6.07) is 0.320. The van der Waals surface area contributed by atoms with Gasteiger partial charge in [0.15, 0.2) is 0 Å². The Kier molecular flexibility index (Phi) is 3.50. The second kappa shape index (κ2) is 4.28. The summed E-state index contributed by atoms with van der Waals surface area (Å²) in [7, 11) is 1.67. The van der Waals surface area contributed by atoms with Crippen molar-refractivity contribution in [1.29, 1.82) is 0 Å². The van der Waals surface area contributed by atoms with E-state index in [0.717, 1.165) is 6.42 Å². The molecule has 0 aromatic heterocycles. The number of rotatable bonds is 5. The molecule has 0 aromatic carbocycles. The second-order valence-electron chi connectivity index (χ2n) is 4.17. The molecule has 4 heteroatoms. The van der Waals surface area contributed by atoms with E-state index in [1.165, 1.54) is 0 Å². The highest BCUT2D eigenvalue weighted by molar-refractivity contribution is 5.86. The lowest BCUT2D eigenvalue weighted by molar-refractivity contribution is -0.135. The Balaban J connectivity index is 2.54. The summed E-state index contributed by atoms with van der Waals surface area (Å²) in [5.74, 6) is -0.258. The molecule has 0 radical (unpaired) electrons. The number of hydrogen-bond acceptors (Lipinski definition) is 3. The molecule has 1 atom stereocenters. The number of amides is 1. The Bertz CT molecular complexity index is 212. The first kappa shape index (κ1) is 11.5. The van der Waals surface area contributed by atoms with Gasteiger partial charge in [0.25, 0.3) is 0 Å². The molecule has 1 unspecified atom stereocenters. The van der Waals surface area contributed by atoms with Crippen LogP contribution < -0.4 is 11.1 Å². The third-order valence-electron chi connectivity index (χ3n) is 3.09. The van der Waals surface area contributed by atoms with Crippen LogP contribution in [0.1, 0.15) is 33.1 Å². The first-order chi connectivity index (χ1) is 6.54. The van der Waals surface area contributed by atoms with Gasteiger partial charge < -0.3 is 15.8 Å². The summed E-state index contributed by atoms with van der Waals surface area (Å²) in [6.07, 6.45) is 2.57. The number of ether oxygens (including phenoxy) is 1. The van der Waals surface area contributed by atoms with Crippen molar-refractivity contribution in [2.75, 3.05) is 7.11 Å². The number of nitrogens with one attached hydrogen (secondary N) is 1. The highest BCUT2D eigenvalue weighted by Crippen LogP contribution is 2.34. The topological polar surface area (TPSA) is 64.3 Å². The number of hydrogen-bond donors (Lipinski definition) is 2. The van der Waals surface area contributed by atoms with E-state index in [1.54, 1.807) is 7.11 Å². The number of nitrogens with two attached hydrogens (primary N) is 1. The Morgan fingerprint density at radius 3 is 2.64 bits per heavy atom. The molecule has 14 heavy (non-hydrogen) atoms. The van der Waals surface area contributed by atoms with Crippen LogP contribution in [-0.4, -0.2) is 30.7 Å². The monoisotopic (exact) mass is 200 g/mol. The molecule has 1 aliphatic rings. The molecule has 1 saturated carbocycles. The molecule has 82 valence electrons. The number of carbonyl (C=O) groups excluding carboxylic acids is 1. The third-order valence-corrected chi connectivity index (χ3v) is 3.09. The Morgan fingerprint density at radius 1 is 1.71 bits per heavy atom. The summed E-state index contributed by atoms with van der Waals surface area (Å²) >= 11 is 0. The summed E-state index contributed by atoms with van der Waals surface area (Å²) in [5, 5.41) is 3.29. The van der Waals surface area contributed by atoms with Crippen molar-refractivity contribution in [3.8, 4) is 0 Å². The normalized spacial score (nSPS) is 33.5. The summed E-state index contributed by atoms with van der Waals surface area (Å²) in [4.78, 5) is 11.3. The van der Waals surface area contributed by atoms with Crippen LogP contribution in [0.3, 0.4) is 0 Å². The molecule has 0 aromatic rings. The second-order valence-corrected chi connectivity index (χ2v) is 4.17. The van der Waals surface area contributed by atoms with Gasteiger partial charge in [-0.25, -0.2) is 0 Å². The van der Waals surface area contributed by atoms with Gasteiger partial charge in [0.2, 0.25) is 5.91 Å². The number of primary amides is 1. The van der Waals surface area contributed by atoms with Crippen LogP contribution in [0.4, 0.5) is 0 Å². The summed E-state index contributed by atoms with van der Waals surface area (Å²) in [6.45, 7) is 4.14. The molecule has 0 heterocycles. The molecule has 0 bridgehead atoms. The molecule has 1 amide bonds. The molecule has 1 fully saturated rings. The molecule has 1 aliphatic carbocycles. The fourth-order valence-electron chi connectivity index (χ4n) is 1.85. The average Bonchev–Trinajstić information content (AvgIpc) is 2.09. The van der Waals surface area contributed by atoms with Crippen molar-refractivity contribution in [2.45, 2.75) is 50.8 Å². The van der Waals surface area contributed by atoms with E-state index in [9.17, 15) is 4.79 Å². The minimum atomic E-state index is -0.518. The molecule has 0 saturated heterocycles. The zero-order chi connectivity index (χ0) is 10.8. The Hall–Kier alpha value is -0.610. The van der Waals surface area contributed by atoms with Gasteiger partial charge in [0, 0.05) is 26.0 Å². The van der Waals surface area contributed by atoms with Crippen LogP contribution in [0.5, 0.6) is 0 Å². The quantitative estimate of drug-likeness (QED) is 0.675. The van der Waals surface area contributed by atoms with Gasteiger partial charge in [0.1, 0.15) is 5.54 Å². The van der Waals surface area contributed by atoms with E-state index in [4.69, 9.17) is 10.5 Å². The molecule has 1 rings (SSSR count). The summed E-state index contributed by atoms with van der Waals surface area (Å²) in [5.41, 5.74) is 4.88. The fourth-order valence-corrected chi connectivity index (χ4v) is 1.85. The van der Waals surface area contributed by atoms with E-state index in [0.29, 0.717) is 18.9 Å². The van der Waals surface area contributed by atoms with Crippen LogP contribution in [0.15, 0.2) is 0 Å². The standard InChI is InChI=1S/C10H20N2O2/c1-4-7(2)12-10(9(11)13)5-8(6-10)14-3/h7-8,12H,4-6H2,1-3H3,(H2,11,13). The highest BCUT2D eigenvalue weighted by atomic mass is 16.5. The van der Waals surface area contributed by atoms with Gasteiger partial charge in [-0.05, 0) is 13.3 Å². The van der Waals surface area contributed by atoms with Crippen molar-refractivity contribution < 1.29 is 9.53 Å². The van der Waals surface area contributed by atoms with Crippen molar-refractivity contribution >= 4 is 5.91 Å². The number of methoxy groups -OCH3 is 1. The SMILES string of the molecule is CCC(C)NC1(C(N)=O)CC(OC)C1. The first-order valence-electron chi connectivity index (χ1n) is 5.14. The third kappa shape index (κ3) is 2.07. The van der Waals surface area contributed by atoms with Crippen LogP contribution in [0.25, 0.3) is 0 Å². The van der Waals surface area contributed by atoms with E-state index in [-0.39, 0.29) is 12.0 Å². The Morgan fingerprint density at radius 2 is 2.29 bits per heavy atom. The minimum Gasteiger partial charge on any atom is -0.381 e. The maximum atomic E-state index is 11.3. The van der Waals surface area contributed by atoms with Gasteiger partial charge in [-0.1, -0.05) is 6.92 Å². The van der Waals surface area contributed by atoms with Crippen LogP contribution in [-0.2, 0) is 9.53 Å². The molecule has 0 spiro atoms. The van der Waals surface area contributed by atoms with E-state index in [2.05, 4.69) is 19.2 Å². The highest BCUT2D eigenvalue weighted by Gasteiger charge is 2.49. The molecule has 3 N–H and O–H groups in total. The van der Waals surface area contributed by atoms with E-state index in [1.807, 2.05) is 0 Å². The van der Waals surface area contributed by atoms with Gasteiger partial charge in [-0.3, -0.25) is 4.79 Å². The van der Waals surface area contributed by atoms with Crippen LogP contribution >= 0.6 is 0 Å². The van der Waals surface area contributed by atoms with Crippen molar-refractivity contribution in [3.63, 3.8) is 0 Å². The fraction of sp³-hybridized carbons (Fsp3) is 0.900. The van der Waals surface area contributed by atoms with Crippen molar-refractivity contribution in [2.24, 2.45) is 5.73 Å².